The van der Waals surface area contributed by atoms with E-state index in [1.165, 1.54) is 4.90 Å². The van der Waals surface area contributed by atoms with Crippen LogP contribution in [-0.2, 0) is 11.3 Å². The van der Waals surface area contributed by atoms with Gasteiger partial charge in [0, 0.05) is 0 Å². The van der Waals surface area contributed by atoms with Crippen LogP contribution in [0.1, 0.15) is 18.1 Å². The lowest BCUT2D eigenvalue weighted by Gasteiger charge is -2.14. The predicted molar refractivity (Wildman–Crippen MR) is 134 cm³/mol. The van der Waals surface area contributed by atoms with Gasteiger partial charge in [-0.3, -0.25) is 14.5 Å². The maximum Gasteiger partial charge on any atom is 0.293 e. The van der Waals surface area contributed by atoms with Crippen LogP contribution in [0.25, 0.3) is 16.8 Å². The molecule has 168 valence electrons. The van der Waals surface area contributed by atoms with Crippen molar-refractivity contribution >= 4 is 51.4 Å². The van der Waals surface area contributed by atoms with E-state index in [9.17, 15) is 9.59 Å². The van der Waals surface area contributed by atoms with Crippen molar-refractivity contribution in [1.29, 1.82) is 0 Å². The van der Waals surface area contributed by atoms with Gasteiger partial charge >= 0.3 is 0 Å². The van der Waals surface area contributed by atoms with Gasteiger partial charge in [0.2, 0.25) is 0 Å². The van der Waals surface area contributed by atoms with Crippen molar-refractivity contribution in [2.24, 2.45) is 0 Å². The van der Waals surface area contributed by atoms with Crippen molar-refractivity contribution in [3.05, 3.63) is 88.3 Å². The van der Waals surface area contributed by atoms with Crippen LogP contribution < -0.4 is 9.47 Å². The Hall–Kier alpha value is -3.22. The van der Waals surface area contributed by atoms with E-state index in [0.29, 0.717) is 33.6 Å². The summed E-state index contributed by atoms with van der Waals surface area (Å²) in [4.78, 5) is 27.4. The summed E-state index contributed by atoms with van der Waals surface area (Å²) >= 11 is 7.32. The van der Waals surface area contributed by atoms with Crippen molar-refractivity contribution in [2.45, 2.75) is 13.5 Å². The van der Waals surface area contributed by atoms with Crippen LogP contribution in [0.4, 0.5) is 4.79 Å². The Morgan fingerprint density at radius 1 is 1.09 bits per heavy atom. The molecule has 1 aliphatic rings. The zero-order chi connectivity index (χ0) is 23.4. The Bertz CT molecular complexity index is 1270. The second kappa shape index (κ2) is 10.1. The topological polar surface area (TPSA) is 55.8 Å². The quantitative estimate of drug-likeness (QED) is 0.266. The molecule has 1 saturated heterocycles. The molecule has 0 aliphatic carbocycles. The number of fused-ring (bicyclic) bond motifs is 1. The number of ether oxygens (including phenoxy) is 2. The summed E-state index contributed by atoms with van der Waals surface area (Å²) < 4.78 is 11.3. The summed E-state index contributed by atoms with van der Waals surface area (Å²) in [5.41, 5.74) is 1.56. The number of hydrogen-bond acceptors (Lipinski definition) is 5. The minimum absolute atomic E-state index is 0.211. The third kappa shape index (κ3) is 4.92. The number of imide groups is 1. The Kier molecular flexibility index (Phi) is 7.06. The van der Waals surface area contributed by atoms with Crippen LogP contribution >= 0.6 is 23.4 Å². The first-order valence-corrected chi connectivity index (χ1v) is 11.6. The molecule has 3 aromatic rings. The molecule has 1 fully saturated rings. The monoisotopic (exact) mass is 479 g/mol. The van der Waals surface area contributed by atoms with Crippen LogP contribution in [-0.4, -0.2) is 29.3 Å². The second-order valence-corrected chi connectivity index (χ2v) is 8.67. The highest BCUT2D eigenvalue weighted by molar-refractivity contribution is 8.18. The van der Waals surface area contributed by atoms with E-state index in [0.717, 1.165) is 28.1 Å². The Morgan fingerprint density at radius 3 is 2.67 bits per heavy atom. The third-order valence-electron chi connectivity index (χ3n) is 5.06. The molecule has 4 rings (SSSR count). The second-order valence-electron chi connectivity index (χ2n) is 7.27. The third-order valence-corrected chi connectivity index (χ3v) is 6.25. The zero-order valence-corrected chi connectivity index (χ0v) is 19.6. The van der Waals surface area contributed by atoms with E-state index in [-0.39, 0.29) is 24.3 Å². The van der Waals surface area contributed by atoms with Gasteiger partial charge in [0.15, 0.2) is 11.5 Å². The molecule has 0 unspecified atom stereocenters. The fraction of sp³-hybridized carbons (Fsp3) is 0.154. The molecule has 0 N–H and O–H groups in total. The highest BCUT2D eigenvalue weighted by Crippen LogP contribution is 2.39. The fourth-order valence-corrected chi connectivity index (χ4v) is 4.72. The zero-order valence-electron chi connectivity index (χ0n) is 18.0. The summed E-state index contributed by atoms with van der Waals surface area (Å²) in [7, 11) is 0. The van der Waals surface area contributed by atoms with Gasteiger partial charge in [-0.15, -0.1) is 0 Å². The molecule has 3 aromatic carbocycles. The molecule has 0 bridgehead atoms. The van der Waals surface area contributed by atoms with Crippen molar-refractivity contribution in [1.82, 2.24) is 4.90 Å². The van der Waals surface area contributed by atoms with Crippen molar-refractivity contribution in [3.63, 3.8) is 0 Å². The standard InChI is InChI=1S/C26H22ClNO4S/c1-3-12-32-24-21(27)13-17(14-22(24)31-4-2)15-23-25(29)28(26(30)33-23)16-19-10-7-9-18-8-5-6-11-20(18)19/h3,5-11,13-15H,1,4,12,16H2,2H3/b23-15+. The summed E-state index contributed by atoms with van der Waals surface area (Å²) in [5.74, 6) is 0.548. The number of amides is 2. The molecule has 5 nitrogen and oxygen atoms in total. The van der Waals surface area contributed by atoms with Crippen molar-refractivity contribution in [3.8, 4) is 11.5 Å². The van der Waals surface area contributed by atoms with E-state index in [4.69, 9.17) is 21.1 Å². The van der Waals surface area contributed by atoms with Gasteiger partial charge in [0.1, 0.15) is 6.61 Å². The smallest absolute Gasteiger partial charge is 0.293 e. The number of nitrogens with zero attached hydrogens (tertiary/aromatic N) is 1. The van der Waals surface area contributed by atoms with Gasteiger partial charge < -0.3 is 9.47 Å². The summed E-state index contributed by atoms with van der Waals surface area (Å²) in [6, 6.07) is 17.2. The molecule has 7 heteroatoms. The minimum Gasteiger partial charge on any atom is -0.490 e. The van der Waals surface area contributed by atoms with E-state index >= 15 is 0 Å². The van der Waals surface area contributed by atoms with E-state index in [1.807, 2.05) is 49.4 Å². The van der Waals surface area contributed by atoms with Gasteiger partial charge in [-0.1, -0.05) is 66.7 Å². The molecule has 0 aromatic heterocycles. The minimum atomic E-state index is -0.334. The van der Waals surface area contributed by atoms with Crippen LogP contribution in [0.2, 0.25) is 5.02 Å². The van der Waals surface area contributed by atoms with E-state index in [1.54, 1.807) is 24.3 Å². The molecule has 2 amide bonds. The molecule has 1 aliphatic heterocycles. The molecule has 0 atom stereocenters. The maximum absolute atomic E-state index is 13.1. The van der Waals surface area contributed by atoms with Crippen LogP contribution in [0.5, 0.6) is 11.5 Å². The Morgan fingerprint density at radius 2 is 1.88 bits per heavy atom. The van der Waals surface area contributed by atoms with E-state index in [2.05, 4.69) is 6.58 Å². The number of carbonyl (C=O) groups excluding carboxylic acids is 2. The highest BCUT2D eigenvalue weighted by atomic mass is 35.5. The molecule has 0 spiro atoms. The maximum atomic E-state index is 13.1. The SMILES string of the molecule is C=CCOc1c(Cl)cc(/C=C2/SC(=O)N(Cc3cccc4ccccc34)C2=O)cc1OCC. The van der Waals surface area contributed by atoms with E-state index < -0.39 is 0 Å². The molecule has 1 heterocycles. The average molecular weight is 480 g/mol. The van der Waals surface area contributed by atoms with Crippen LogP contribution in [0, 0.1) is 0 Å². The Balaban J connectivity index is 1.62. The van der Waals surface area contributed by atoms with Gasteiger partial charge in [-0.25, -0.2) is 0 Å². The largest absolute Gasteiger partial charge is 0.490 e. The van der Waals surface area contributed by atoms with Gasteiger partial charge in [0.05, 0.1) is 23.1 Å². The van der Waals surface area contributed by atoms with Crippen molar-refractivity contribution < 1.29 is 19.1 Å². The normalized spacial score (nSPS) is 14.8. The number of thioether (sulfide) groups is 1. The highest BCUT2D eigenvalue weighted by Gasteiger charge is 2.35. The first kappa shape index (κ1) is 23.0. The molecule has 33 heavy (non-hydrogen) atoms. The number of halogens is 1. The predicted octanol–water partition coefficient (Wildman–Crippen LogP) is 6.69. The lowest BCUT2D eigenvalue weighted by atomic mass is 10.0. The fourth-order valence-electron chi connectivity index (χ4n) is 3.60. The lowest BCUT2D eigenvalue weighted by Crippen LogP contribution is -2.27. The van der Waals surface area contributed by atoms with Gasteiger partial charge in [-0.05, 0) is 58.8 Å². The number of hydrogen-bond donors (Lipinski definition) is 0. The Labute approximate surface area is 201 Å². The summed E-state index contributed by atoms with van der Waals surface area (Å²) in [6.45, 7) is 6.42. The van der Waals surface area contributed by atoms with Gasteiger partial charge in [-0.2, -0.15) is 0 Å². The molecular formula is C26H22ClNO4S. The first-order valence-electron chi connectivity index (χ1n) is 10.4. The first-order chi connectivity index (χ1) is 16.0. The molecular weight excluding hydrogens is 458 g/mol. The lowest BCUT2D eigenvalue weighted by molar-refractivity contribution is -0.123. The van der Waals surface area contributed by atoms with Crippen LogP contribution in [0.3, 0.4) is 0 Å². The molecule has 0 radical (unpaired) electrons. The van der Waals surface area contributed by atoms with Crippen LogP contribution in [0.15, 0.2) is 72.2 Å². The summed E-state index contributed by atoms with van der Waals surface area (Å²) in [5, 5.41) is 2.13. The average Bonchev–Trinajstić information content (AvgIpc) is 3.06. The molecule has 0 saturated carbocycles. The number of rotatable bonds is 8. The number of carbonyl (C=O) groups is 2. The summed E-state index contributed by atoms with van der Waals surface area (Å²) in [6.07, 6.45) is 3.27. The van der Waals surface area contributed by atoms with Gasteiger partial charge in [0.25, 0.3) is 11.1 Å². The number of benzene rings is 3. The van der Waals surface area contributed by atoms with Crippen molar-refractivity contribution in [2.75, 3.05) is 13.2 Å².